The van der Waals surface area contributed by atoms with E-state index in [0.717, 1.165) is 6.42 Å². The molecular weight excluding hydrogens is 254 g/mol. The quantitative estimate of drug-likeness (QED) is 0.199. The first kappa shape index (κ1) is 19.0. The molecular formula is C9H25N3O3Si2. The lowest BCUT2D eigenvalue weighted by molar-refractivity contribution is 0.0710. The van der Waals surface area contributed by atoms with E-state index in [1.54, 1.807) is 0 Å². The Morgan fingerprint density at radius 1 is 1.06 bits per heavy atom. The van der Waals surface area contributed by atoms with Crippen LogP contribution < -0.4 is 0 Å². The lowest BCUT2D eigenvalue weighted by Crippen LogP contribution is -2.46. The van der Waals surface area contributed by atoms with E-state index >= 15 is 0 Å². The lowest BCUT2D eigenvalue weighted by Gasteiger charge is -2.28. The number of hydrogen-bond acceptors (Lipinski definition) is 4. The van der Waals surface area contributed by atoms with Gasteiger partial charge in [-0.1, -0.05) is 5.11 Å². The van der Waals surface area contributed by atoms with Crippen LogP contribution in [0.4, 0.5) is 0 Å². The molecule has 0 saturated carbocycles. The number of rotatable bonds is 10. The van der Waals surface area contributed by atoms with Crippen molar-refractivity contribution in [1.82, 2.24) is 0 Å². The number of azide groups is 1. The van der Waals surface area contributed by atoms with Crippen molar-refractivity contribution in [2.24, 2.45) is 5.11 Å². The van der Waals surface area contributed by atoms with E-state index in [4.69, 9.17) is 18.8 Å². The van der Waals surface area contributed by atoms with Gasteiger partial charge < -0.3 is 13.3 Å². The van der Waals surface area contributed by atoms with Gasteiger partial charge in [-0.05, 0) is 43.7 Å². The Morgan fingerprint density at radius 3 is 1.88 bits per heavy atom. The van der Waals surface area contributed by atoms with E-state index in [1.165, 1.54) is 0 Å². The number of nitrogens with zero attached hydrogens (tertiary/aromatic N) is 3. The molecule has 0 aliphatic carbocycles. The minimum atomic E-state index is -2.53. The Hall–Kier alpha value is -0.376. The molecule has 0 spiro atoms. The minimum Gasteiger partial charge on any atom is -0.374 e. The zero-order chi connectivity index (χ0) is 12.3. The zero-order valence-electron chi connectivity index (χ0n) is 10.3. The van der Waals surface area contributed by atoms with Crippen LogP contribution in [0.2, 0.25) is 6.04 Å². The molecule has 0 unspecified atom stereocenters. The van der Waals surface area contributed by atoms with Crippen molar-refractivity contribution in [3.63, 3.8) is 0 Å². The van der Waals surface area contributed by atoms with Gasteiger partial charge in [0.05, 0.1) is 0 Å². The van der Waals surface area contributed by atoms with E-state index in [2.05, 4.69) is 10.0 Å². The van der Waals surface area contributed by atoms with E-state index < -0.39 is 8.80 Å². The van der Waals surface area contributed by atoms with Crippen LogP contribution in [0.15, 0.2) is 5.11 Å². The first-order valence-electron chi connectivity index (χ1n) is 5.67. The van der Waals surface area contributed by atoms with Crippen LogP contribution >= 0.6 is 0 Å². The van der Waals surface area contributed by atoms with Gasteiger partial charge in [-0.15, -0.1) is 0 Å². The molecule has 0 rings (SSSR count). The molecule has 102 valence electrons. The van der Waals surface area contributed by atoms with Gasteiger partial charge in [-0.25, -0.2) is 0 Å². The molecule has 0 aromatic carbocycles. The summed E-state index contributed by atoms with van der Waals surface area (Å²) in [6, 6.07) is 0.696. The van der Waals surface area contributed by atoms with Crippen molar-refractivity contribution in [3.8, 4) is 0 Å². The van der Waals surface area contributed by atoms with E-state index in [-0.39, 0.29) is 11.0 Å². The van der Waals surface area contributed by atoms with Crippen molar-refractivity contribution in [2.75, 3.05) is 26.4 Å². The molecule has 0 radical (unpaired) electrons. The molecule has 17 heavy (non-hydrogen) atoms. The predicted molar refractivity (Wildman–Crippen MR) is 75.4 cm³/mol. The van der Waals surface area contributed by atoms with Gasteiger partial charge in [0.2, 0.25) is 0 Å². The SMILES string of the molecule is CCO[Si](CCCN=[N+]=[N-])(OCC)OCC.[SiH4]. The molecule has 8 heteroatoms. The molecule has 0 aliphatic rings. The zero-order valence-corrected chi connectivity index (χ0v) is 11.3. The molecule has 0 saturated heterocycles. The second-order valence-electron chi connectivity index (χ2n) is 3.04. The van der Waals surface area contributed by atoms with Crippen LogP contribution in [0.1, 0.15) is 27.2 Å². The van der Waals surface area contributed by atoms with Crippen LogP contribution in [0.5, 0.6) is 0 Å². The van der Waals surface area contributed by atoms with Gasteiger partial charge in [0, 0.05) is 37.3 Å². The average Bonchev–Trinajstić information content (AvgIpc) is 2.26. The Balaban J connectivity index is 0. The first-order valence-corrected chi connectivity index (χ1v) is 7.60. The van der Waals surface area contributed by atoms with Crippen molar-refractivity contribution in [3.05, 3.63) is 10.4 Å². The molecule has 0 aromatic rings. The van der Waals surface area contributed by atoms with Gasteiger partial charge in [0.15, 0.2) is 0 Å². The summed E-state index contributed by atoms with van der Waals surface area (Å²) < 4.78 is 17.0. The maximum absolute atomic E-state index is 8.18. The molecule has 6 nitrogen and oxygen atoms in total. The molecule has 0 bridgehead atoms. The van der Waals surface area contributed by atoms with E-state index in [0.29, 0.717) is 32.4 Å². The highest BCUT2D eigenvalue weighted by atomic mass is 28.4. The third-order valence-corrected chi connectivity index (χ3v) is 5.05. The fourth-order valence-corrected chi connectivity index (χ4v) is 4.01. The molecule has 0 aliphatic heterocycles. The second-order valence-corrected chi connectivity index (χ2v) is 5.77. The molecule has 0 amide bonds. The topological polar surface area (TPSA) is 76.5 Å². The summed E-state index contributed by atoms with van der Waals surface area (Å²) in [4.78, 5) is 2.71. The maximum atomic E-state index is 8.18. The number of hydrogen-bond donors (Lipinski definition) is 0. The fraction of sp³-hybridized carbons (Fsp3) is 1.00. The van der Waals surface area contributed by atoms with E-state index in [9.17, 15) is 0 Å². The van der Waals surface area contributed by atoms with E-state index in [1.807, 2.05) is 20.8 Å². The Bertz CT molecular complexity index is 209. The van der Waals surface area contributed by atoms with Gasteiger partial charge in [0.1, 0.15) is 0 Å². The molecule has 0 N–H and O–H groups in total. The fourth-order valence-electron chi connectivity index (χ4n) is 1.41. The molecule has 0 heterocycles. The highest BCUT2D eigenvalue weighted by molar-refractivity contribution is 6.60. The van der Waals surface area contributed by atoms with Crippen molar-refractivity contribution >= 4 is 19.8 Å². The van der Waals surface area contributed by atoms with Gasteiger partial charge in [0.25, 0.3) is 0 Å². The summed E-state index contributed by atoms with van der Waals surface area (Å²) in [6.07, 6.45) is 0.732. The summed E-state index contributed by atoms with van der Waals surface area (Å²) >= 11 is 0. The van der Waals surface area contributed by atoms with Gasteiger partial charge >= 0.3 is 8.80 Å². The molecule has 0 aromatic heterocycles. The lowest BCUT2D eigenvalue weighted by atomic mass is 10.5. The highest BCUT2D eigenvalue weighted by Gasteiger charge is 2.39. The average molecular weight is 279 g/mol. The van der Waals surface area contributed by atoms with Crippen LogP contribution in [0.3, 0.4) is 0 Å². The molecule has 0 fully saturated rings. The summed E-state index contributed by atoms with van der Waals surface area (Å²) in [5.41, 5.74) is 8.18. The maximum Gasteiger partial charge on any atom is 0.500 e. The van der Waals surface area contributed by atoms with Crippen molar-refractivity contribution < 1.29 is 13.3 Å². The summed E-state index contributed by atoms with van der Waals surface area (Å²) in [5, 5.41) is 3.49. The summed E-state index contributed by atoms with van der Waals surface area (Å²) in [7, 11) is -2.53. The Kier molecular flexibility index (Phi) is 13.5. The second kappa shape index (κ2) is 12.1. The third kappa shape index (κ3) is 8.36. The largest absolute Gasteiger partial charge is 0.500 e. The third-order valence-electron chi connectivity index (χ3n) is 1.90. The van der Waals surface area contributed by atoms with Crippen LogP contribution in [0.25, 0.3) is 10.4 Å². The summed E-state index contributed by atoms with van der Waals surface area (Å²) in [6.45, 7) is 7.96. The minimum absolute atomic E-state index is 0. The molecule has 0 atom stereocenters. The normalized spacial score (nSPS) is 10.5. The van der Waals surface area contributed by atoms with Gasteiger partial charge in [-0.3, -0.25) is 0 Å². The van der Waals surface area contributed by atoms with Crippen molar-refractivity contribution in [1.29, 1.82) is 0 Å². The standard InChI is InChI=1S/C9H21N3O3Si.H4Si/c1-4-13-16(14-5-2,15-6-3)9-7-8-11-12-10;/h4-9H2,1-3H3;1H4. The smallest absolute Gasteiger partial charge is 0.374 e. The highest BCUT2D eigenvalue weighted by Crippen LogP contribution is 2.18. The van der Waals surface area contributed by atoms with Crippen molar-refractivity contribution in [2.45, 2.75) is 33.2 Å². The van der Waals surface area contributed by atoms with Gasteiger partial charge in [-0.2, -0.15) is 0 Å². The Morgan fingerprint density at radius 2 is 1.53 bits per heavy atom. The Labute approximate surface area is 109 Å². The summed E-state index contributed by atoms with van der Waals surface area (Å²) in [5.74, 6) is 0. The monoisotopic (exact) mass is 279 g/mol. The van der Waals surface area contributed by atoms with Crippen LogP contribution in [-0.4, -0.2) is 46.1 Å². The van der Waals surface area contributed by atoms with Crippen LogP contribution in [-0.2, 0) is 13.3 Å². The van der Waals surface area contributed by atoms with Crippen LogP contribution in [0, 0.1) is 0 Å². The predicted octanol–water partition coefficient (Wildman–Crippen LogP) is 1.28. The first-order chi connectivity index (χ1) is 7.74.